The standard InChI is InChI=1S/C10H23NO/c1-5-6-10(11)9(7-12-4)8(2)3/h8-10H,5-7,11H2,1-4H3. The molecule has 0 aromatic carbocycles. The van der Waals surface area contributed by atoms with Gasteiger partial charge in [-0.15, -0.1) is 0 Å². The van der Waals surface area contributed by atoms with Gasteiger partial charge in [0.2, 0.25) is 0 Å². The van der Waals surface area contributed by atoms with E-state index in [1.54, 1.807) is 7.11 Å². The van der Waals surface area contributed by atoms with Crippen molar-refractivity contribution in [1.29, 1.82) is 0 Å². The maximum Gasteiger partial charge on any atom is 0.0507 e. The van der Waals surface area contributed by atoms with Crippen molar-refractivity contribution in [3.05, 3.63) is 0 Å². The largest absolute Gasteiger partial charge is 0.384 e. The van der Waals surface area contributed by atoms with E-state index in [9.17, 15) is 0 Å². The van der Waals surface area contributed by atoms with E-state index in [0.717, 1.165) is 19.4 Å². The zero-order valence-corrected chi connectivity index (χ0v) is 8.84. The first-order chi connectivity index (χ1) is 5.63. The van der Waals surface area contributed by atoms with Crippen molar-refractivity contribution in [2.75, 3.05) is 13.7 Å². The second kappa shape index (κ2) is 6.44. The lowest BCUT2D eigenvalue weighted by Crippen LogP contribution is -2.36. The van der Waals surface area contributed by atoms with Gasteiger partial charge in [-0.25, -0.2) is 0 Å². The number of methoxy groups -OCH3 is 1. The van der Waals surface area contributed by atoms with Gasteiger partial charge in [-0.1, -0.05) is 27.2 Å². The minimum absolute atomic E-state index is 0.301. The zero-order valence-electron chi connectivity index (χ0n) is 8.84. The van der Waals surface area contributed by atoms with Crippen LogP contribution in [0, 0.1) is 11.8 Å². The third kappa shape index (κ3) is 4.07. The molecule has 74 valence electrons. The molecule has 2 N–H and O–H groups in total. The molecular weight excluding hydrogens is 150 g/mol. The Bertz CT molecular complexity index is 104. The molecule has 0 saturated heterocycles. The summed E-state index contributed by atoms with van der Waals surface area (Å²) in [4.78, 5) is 0. The third-order valence-electron chi connectivity index (χ3n) is 2.39. The molecule has 0 heterocycles. The van der Waals surface area contributed by atoms with Crippen LogP contribution in [0.5, 0.6) is 0 Å². The molecule has 12 heavy (non-hydrogen) atoms. The summed E-state index contributed by atoms with van der Waals surface area (Å²) in [7, 11) is 1.74. The van der Waals surface area contributed by atoms with Gasteiger partial charge in [-0.2, -0.15) is 0 Å². The number of hydrogen-bond acceptors (Lipinski definition) is 2. The first-order valence-electron chi connectivity index (χ1n) is 4.88. The second-order valence-electron chi connectivity index (χ2n) is 3.82. The summed E-state index contributed by atoms with van der Waals surface area (Å²) in [5, 5.41) is 0. The van der Waals surface area contributed by atoms with E-state index in [1.807, 2.05) is 0 Å². The molecule has 0 aliphatic heterocycles. The molecule has 0 radical (unpaired) electrons. The van der Waals surface area contributed by atoms with Crippen molar-refractivity contribution in [2.45, 2.75) is 39.7 Å². The number of hydrogen-bond donors (Lipinski definition) is 1. The number of nitrogens with two attached hydrogens (primary N) is 1. The highest BCUT2D eigenvalue weighted by Crippen LogP contribution is 2.17. The van der Waals surface area contributed by atoms with E-state index in [4.69, 9.17) is 10.5 Å². The van der Waals surface area contributed by atoms with E-state index in [2.05, 4.69) is 20.8 Å². The zero-order chi connectivity index (χ0) is 9.56. The lowest BCUT2D eigenvalue weighted by Gasteiger charge is -2.26. The normalized spacial score (nSPS) is 16.5. The summed E-state index contributed by atoms with van der Waals surface area (Å²) in [5.74, 6) is 1.13. The van der Waals surface area contributed by atoms with Gasteiger partial charge in [0, 0.05) is 13.2 Å². The molecule has 0 amide bonds. The van der Waals surface area contributed by atoms with Gasteiger partial charge < -0.3 is 10.5 Å². The molecule has 2 unspecified atom stereocenters. The summed E-state index contributed by atoms with van der Waals surface area (Å²) in [6, 6.07) is 0.301. The summed E-state index contributed by atoms with van der Waals surface area (Å²) in [6.45, 7) is 7.38. The lowest BCUT2D eigenvalue weighted by molar-refractivity contribution is 0.111. The predicted molar refractivity (Wildman–Crippen MR) is 53.1 cm³/mol. The van der Waals surface area contributed by atoms with Crippen molar-refractivity contribution >= 4 is 0 Å². The first-order valence-corrected chi connectivity index (χ1v) is 4.88. The highest BCUT2D eigenvalue weighted by molar-refractivity contribution is 4.74. The fourth-order valence-electron chi connectivity index (χ4n) is 1.55. The van der Waals surface area contributed by atoms with Crippen molar-refractivity contribution in [2.24, 2.45) is 17.6 Å². The van der Waals surface area contributed by atoms with Crippen LogP contribution in [-0.4, -0.2) is 19.8 Å². The SMILES string of the molecule is CCCC(N)C(COC)C(C)C. The highest BCUT2D eigenvalue weighted by Gasteiger charge is 2.20. The molecular formula is C10H23NO. The van der Waals surface area contributed by atoms with Crippen LogP contribution < -0.4 is 5.73 Å². The van der Waals surface area contributed by atoms with Crippen molar-refractivity contribution in [1.82, 2.24) is 0 Å². The van der Waals surface area contributed by atoms with Gasteiger partial charge >= 0.3 is 0 Å². The van der Waals surface area contributed by atoms with Crippen LogP contribution in [0.3, 0.4) is 0 Å². The van der Waals surface area contributed by atoms with Crippen LogP contribution in [0.15, 0.2) is 0 Å². The predicted octanol–water partition coefficient (Wildman–Crippen LogP) is 2.03. The topological polar surface area (TPSA) is 35.2 Å². The molecule has 0 rings (SSSR count). The Morgan fingerprint density at radius 3 is 2.25 bits per heavy atom. The molecule has 2 heteroatoms. The second-order valence-corrected chi connectivity index (χ2v) is 3.82. The fraction of sp³-hybridized carbons (Fsp3) is 1.00. The van der Waals surface area contributed by atoms with Crippen LogP contribution >= 0.6 is 0 Å². The van der Waals surface area contributed by atoms with E-state index >= 15 is 0 Å². The molecule has 0 bridgehead atoms. The summed E-state index contributed by atoms with van der Waals surface area (Å²) < 4.78 is 5.15. The molecule has 0 aliphatic rings. The van der Waals surface area contributed by atoms with Crippen LogP contribution in [-0.2, 0) is 4.74 Å². The minimum atomic E-state index is 0.301. The van der Waals surface area contributed by atoms with Crippen molar-refractivity contribution < 1.29 is 4.74 Å². The first kappa shape index (κ1) is 11.9. The Hall–Kier alpha value is -0.0800. The van der Waals surface area contributed by atoms with Gasteiger partial charge in [0.05, 0.1) is 6.61 Å². The molecule has 0 aromatic heterocycles. The smallest absolute Gasteiger partial charge is 0.0507 e. The van der Waals surface area contributed by atoms with Crippen LogP contribution in [0.25, 0.3) is 0 Å². The molecule has 2 atom stereocenters. The van der Waals surface area contributed by atoms with Crippen LogP contribution in [0.4, 0.5) is 0 Å². The monoisotopic (exact) mass is 173 g/mol. The van der Waals surface area contributed by atoms with E-state index in [1.165, 1.54) is 0 Å². The van der Waals surface area contributed by atoms with Crippen molar-refractivity contribution in [3.63, 3.8) is 0 Å². The van der Waals surface area contributed by atoms with E-state index in [-0.39, 0.29) is 0 Å². The van der Waals surface area contributed by atoms with Gasteiger partial charge in [0.1, 0.15) is 0 Å². The molecule has 2 nitrogen and oxygen atoms in total. The van der Waals surface area contributed by atoms with Gasteiger partial charge in [0.25, 0.3) is 0 Å². The highest BCUT2D eigenvalue weighted by atomic mass is 16.5. The van der Waals surface area contributed by atoms with Gasteiger partial charge in [-0.05, 0) is 18.3 Å². The summed E-state index contributed by atoms with van der Waals surface area (Å²) in [5.41, 5.74) is 6.04. The molecule has 0 aliphatic carbocycles. The Balaban J connectivity index is 3.90. The lowest BCUT2D eigenvalue weighted by atomic mass is 9.87. The van der Waals surface area contributed by atoms with Gasteiger partial charge in [0.15, 0.2) is 0 Å². The summed E-state index contributed by atoms with van der Waals surface area (Å²) in [6.07, 6.45) is 2.26. The molecule has 0 fully saturated rings. The van der Waals surface area contributed by atoms with Crippen molar-refractivity contribution in [3.8, 4) is 0 Å². The van der Waals surface area contributed by atoms with Crippen LogP contribution in [0.1, 0.15) is 33.6 Å². The van der Waals surface area contributed by atoms with Crippen LogP contribution in [0.2, 0.25) is 0 Å². The summed E-state index contributed by atoms with van der Waals surface area (Å²) >= 11 is 0. The van der Waals surface area contributed by atoms with Gasteiger partial charge in [-0.3, -0.25) is 0 Å². The number of ether oxygens (including phenoxy) is 1. The average molecular weight is 173 g/mol. The number of rotatable bonds is 6. The Morgan fingerprint density at radius 1 is 1.33 bits per heavy atom. The quantitative estimate of drug-likeness (QED) is 0.667. The Morgan fingerprint density at radius 2 is 1.92 bits per heavy atom. The maximum absolute atomic E-state index is 6.04. The van der Waals surface area contributed by atoms with E-state index in [0.29, 0.717) is 17.9 Å². The average Bonchev–Trinajstić information content (AvgIpc) is 1.99. The third-order valence-corrected chi connectivity index (χ3v) is 2.39. The van der Waals surface area contributed by atoms with E-state index < -0.39 is 0 Å². The Kier molecular flexibility index (Phi) is 6.39. The molecule has 0 spiro atoms. The Labute approximate surface area is 76.5 Å². The fourth-order valence-corrected chi connectivity index (χ4v) is 1.55. The molecule has 0 saturated carbocycles. The maximum atomic E-state index is 6.04. The molecule has 0 aromatic rings. The minimum Gasteiger partial charge on any atom is -0.384 e.